The molecule has 32 heavy (non-hydrogen) atoms. The molecule has 0 saturated heterocycles. The van der Waals surface area contributed by atoms with E-state index < -0.39 is 33.4 Å². The largest absolute Gasteiger partial charge is 0.489 e. The number of aryl methyl sites for hydroxylation is 2. The van der Waals surface area contributed by atoms with Gasteiger partial charge in [0.2, 0.25) is 0 Å². The van der Waals surface area contributed by atoms with Crippen molar-refractivity contribution in [2.45, 2.75) is 52.2 Å². The molecule has 1 atom stereocenters. The Kier molecular flexibility index (Phi) is 6.88. The maximum Gasteiger partial charge on any atom is 0.264 e. The molecule has 1 aromatic heterocycles. The number of ether oxygens (including phenoxy) is 1. The van der Waals surface area contributed by atoms with Gasteiger partial charge in [0.25, 0.3) is 10.0 Å². The molecule has 1 unspecified atom stereocenters. The van der Waals surface area contributed by atoms with E-state index in [1.807, 2.05) is 0 Å². The molecule has 0 aliphatic carbocycles. The Bertz CT molecular complexity index is 1150. The van der Waals surface area contributed by atoms with Gasteiger partial charge in [-0.25, -0.2) is 17.2 Å². The van der Waals surface area contributed by atoms with Crippen LogP contribution in [0, 0.1) is 31.4 Å². The van der Waals surface area contributed by atoms with Gasteiger partial charge >= 0.3 is 0 Å². The number of halogens is 2. The number of rotatable bonds is 8. The molecule has 0 spiro atoms. The summed E-state index contributed by atoms with van der Waals surface area (Å²) in [5.74, 6) is -1.00. The first kappa shape index (κ1) is 23.7. The van der Waals surface area contributed by atoms with Crippen LogP contribution in [0.1, 0.15) is 37.8 Å². The lowest BCUT2D eigenvalue weighted by atomic mass is 10.1. The summed E-state index contributed by atoms with van der Waals surface area (Å²) in [4.78, 5) is -0.0997. The van der Waals surface area contributed by atoms with Gasteiger partial charge < -0.3 is 9.26 Å². The van der Waals surface area contributed by atoms with Gasteiger partial charge in [0, 0.05) is 6.04 Å². The first-order valence-electron chi connectivity index (χ1n) is 10.2. The minimum atomic E-state index is -4.26. The summed E-state index contributed by atoms with van der Waals surface area (Å²) in [7, 11) is -4.26. The van der Waals surface area contributed by atoms with Crippen molar-refractivity contribution in [3.8, 4) is 5.75 Å². The van der Waals surface area contributed by atoms with Crippen LogP contribution in [0.2, 0.25) is 0 Å². The SMILES string of the molecule is Cc1noc(C)c1COc1ccc(S(=O)(=O)N(c2c(F)cccc2F)C(C)C(C)C)cc1. The van der Waals surface area contributed by atoms with Crippen molar-refractivity contribution >= 4 is 15.7 Å². The molecule has 172 valence electrons. The summed E-state index contributed by atoms with van der Waals surface area (Å²) < 4.78 is 67.7. The van der Waals surface area contributed by atoms with Crippen molar-refractivity contribution in [2.75, 3.05) is 4.31 Å². The molecule has 0 aliphatic rings. The average Bonchev–Trinajstić information content (AvgIpc) is 3.06. The van der Waals surface area contributed by atoms with Crippen LogP contribution >= 0.6 is 0 Å². The standard InChI is InChI=1S/C23H26F2N2O4S/c1-14(2)16(4)27(23-21(24)7-6-8-22(23)25)32(28,29)19-11-9-18(10-12-19)30-13-20-15(3)26-31-17(20)5/h6-12,14,16H,13H2,1-5H3. The van der Waals surface area contributed by atoms with Crippen molar-refractivity contribution in [1.82, 2.24) is 5.16 Å². The van der Waals surface area contributed by atoms with Gasteiger partial charge in [0.05, 0.1) is 16.2 Å². The highest BCUT2D eigenvalue weighted by molar-refractivity contribution is 7.92. The fourth-order valence-corrected chi connectivity index (χ4v) is 5.00. The van der Waals surface area contributed by atoms with Gasteiger partial charge in [0.15, 0.2) is 11.6 Å². The number of hydrogen-bond donors (Lipinski definition) is 0. The van der Waals surface area contributed by atoms with Crippen molar-refractivity contribution < 1.29 is 26.5 Å². The molecule has 2 aromatic carbocycles. The van der Waals surface area contributed by atoms with Crippen LogP contribution in [0.15, 0.2) is 51.9 Å². The van der Waals surface area contributed by atoms with Gasteiger partial charge in [-0.2, -0.15) is 0 Å². The van der Waals surface area contributed by atoms with Crippen molar-refractivity contribution in [2.24, 2.45) is 5.92 Å². The maximum atomic E-state index is 14.6. The average molecular weight is 465 g/mol. The normalized spacial score (nSPS) is 12.8. The first-order chi connectivity index (χ1) is 15.0. The minimum absolute atomic E-state index is 0.0997. The second-order valence-corrected chi connectivity index (χ2v) is 9.73. The van der Waals surface area contributed by atoms with E-state index in [0.29, 0.717) is 17.2 Å². The zero-order chi connectivity index (χ0) is 23.6. The zero-order valence-electron chi connectivity index (χ0n) is 18.6. The van der Waals surface area contributed by atoms with E-state index in [4.69, 9.17) is 9.26 Å². The third-order valence-corrected chi connectivity index (χ3v) is 7.34. The Hall–Kier alpha value is -2.94. The molecular weight excluding hydrogens is 438 g/mol. The van der Waals surface area contributed by atoms with Crippen LogP contribution in [0.3, 0.4) is 0 Å². The Morgan fingerprint density at radius 3 is 2.12 bits per heavy atom. The summed E-state index contributed by atoms with van der Waals surface area (Å²) in [5.41, 5.74) is 0.938. The van der Waals surface area contributed by atoms with Gasteiger partial charge in [-0.05, 0) is 63.1 Å². The van der Waals surface area contributed by atoms with Gasteiger partial charge in [-0.15, -0.1) is 0 Å². The summed E-state index contributed by atoms with van der Waals surface area (Å²) >= 11 is 0. The minimum Gasteiger partial charge on any atom is -0.489 e. The molecule has 0 fully saturated rings. The fourth-order valence-electron chi connectivity index (χ4n) is 3.20. The monoisotopic (exact) mass is 464 g/mol. The van der Waals surface area contributed by atoms with E-state index in [1.165, 1.54) is 30.3 Å². The van der Waals surface area contributed by atoms with Crippen LogP contribution in [0.4, 0.5) is 14.5 Å². The molecule has 9 heteroatoms. The number of para-hydroxylation sites is 1. The van der Waals surface area contributed by atoms with E-state index in [9.17, 15) is 17.2 Å². The van der Waals surface area contributed by atoms with Gasteiger partial charge in [0.1, 0.15) is 23.8 Å². The Morgan fingerprint density at radius 1 is 1.03 bits per heavy atom. The number of aromatic nitrogens is 1. The Labute approximate surface area is 186 Å². The van der Waals surface area contributed by atoms with E-state index in [1.54, 1.807) is 34.6 Å². The van der Waals surface area contributed by atoms with E-state index >= 15 is 0 Å². The Morgan fingerprint density at radius 2 is 1.62 bits per heavy atom. The molecule has 3 aromatic rings. The van der Waals surface area contributed by atoms with Crippen molar-refractivity contribution in [3.05, 3.63) is 71.1 Å². The summed E-state index contributed by atoms with van der Waals surface area (Å²) in [6.45, 7) is 8.99. The molecular formula is C23H26F2N2O4S. The number of anilines is 1. The number of hydrogen-bond acceptors (Lipinski definition) is 5. The quantitative estimate of drug-likeness (QED) is 0.447. The van der Waals surface area contributed by atoms with Crippen molar-refractivity contribution in [3.63, 3.8) is 0 Å². The fraction of sp³-hybridized carbons (Fsp3) is 0.348. The number of sulfonamides is 1. The molecule has 1 heterocycles. The van der Waals surface area contributed by atoms with Crippen LogP contribution in [0.5, 0.6) is 5.75 Å². The number of nitrogens with zero attached hydrogens (tertiary/aromatic N) is 2. The predicted molar refractivity (Wildman–Crippen MR) is 117 cm³/mol. The molecule has 6 nitrogen and oxygen atoms in total. The highest BCUT2D eigenvalue weighted by Crippen LogP contribution is 2.33. The van der Waals surface area contributed by atoms with Crippen LogP contribution < -0.4 is 9.04 Å². The summed E-state index contributed by atoms with van der Waals surface area (Å²) in [6.07, 6.45) is 0. The zero-order valence-corrected chi connectivity index (χ0v) is 19.4. The molecule has 0 saturated carbocycles. The lowest BCUT2D eigenvalue weighted by Gasteiger charge is -2.33. The second kappa shape index (κ2) is 9.28. The topological polar surface area (TPSA) is 72.6 Å². The van der Waals surface area contributed by atoms with E-state index in [0.717, 1.165) is 22.0 Å². The third kappa shape index (κ3) is 4.62. The molecule has 3 rings (SSSR count). The van der Waals surface area contributed by atoms with E-state index in [-0.39, 0.29) is 17.4 Å². The number of benzene rings is 2. The predicted octanol–water partition coefficient (Wildman–Crippen LogP) is 5.39. The smallest absolute Gasteiger partial charge is 0.264 e. The maximum absolute atomic E-state index is 14.6. The van der Waals surface area contributed by atoms with Crippen molar-refractivity contribution in [1.29, 1.82) is 0 Å². The lowest BCUT2D eigenvalue weighted by molar-refractivity contribution is 0.301. The summed E-state index contributed by atoms with van der Waals surface area (Å²) in [5, 5.41) is 3.87. The highest BCUT2D eigenvalue weighted by atomic mass is 32.2. The molecule has 0 aliphatic heterocycles. The van der Waals surface area contributed by atoms with Crippen LogP contribution in [-0.2, 0) is 16.6 Å². The van der Waals surface area contributed by atoms with Gasteiger partial charge in [-0.3, -0.25) is 4.31 Å². The Balaban J connectivity index is 1.93. The third-order valence-electron chi connectivity index (χ3n) is 5.44. The first-order valence-corrected chi connectivity index (χ1v) is 11.6. The lowest BCUT2D eigenvalue weighted by Crippen LogP contribution is -2.42. The molecule has 0 N–H and O–H groups in total. The second-order valence-electron chi connectivity index (χ2n) is 7.92. The summed E-state index contributed by atoms with van der Waals surface area (Å²) in [6, 6.07) is 8.31. The molecule has 0 radical (unpaired) electrons. The molecule has 0 amide bonds. The molecule has 0 bridgehead atoms. The highest BCUT2D eigenvalue weighted by Gasteiger charge is 2.34. The van der Waals surface area contributed by atoms with Crippen LogP contribution in [0.25, 0.3) is 0 Å². The van der Waals surface area contributed by atoms with E-state index in [2.05, 4.69) is 5.16 Å². The van der Waals surface area contributed by atoms with Gasteiger partial charge in [-0.1, -0.05) is 25.1 Å². The van der Waals surface area contributed by atoms with Crippen LogP contribution in [-0.4, -0.2) is 19.6 Å².